The minimum absolute atomic E-state index is 0.0184. The van der Waals surface area contributed by atoms with Gasteiger partial charge >= 0.3 is 7.12 Å². The number of carbonyl (C=O) groups excluding carboxylic acids is 2. The molecule has 0 radical (unpaired) electrons. The third-order valence-corrected chi connectivity index (χ3v) is 6.60. The van der Waals surface area contributed by atoms with E-state index in [9.17, 15) is 9.59 Å². The van der Waals surface area contributed by atoms with Crippen molar-refractivity contribution in [2.45, 2.75) is 70.1 Å². The van der Waals surface area contributed by atoms with Crippen LogP contribution < -0.4 is 10.6 Å². The lowest BCUT2D eigenvalue weighted by Gasteiger charge is -2.32. The van der Waals surface area contributed by atoms with Crippen LogP contribution in [-0.2, 0) is 25.3 Å². The SMILES string of the molecule is COCC(NC(=O)c1ccccn1)C(=O)N[C@@H](CCCc1ccccc1)B1OC(C)(C)C(C)(C)O1. The Bertz CT molecular complexity index is 955. The van der Waals surface area contributed by atoms with Crippen molar-refractivity contribution < 1.29 is 23.6 Å². The van der Waals surface area contributed by atoms with E-state index in [0.717, 1.165) is 12.8 Å². The zero-order valence-electron chi connectivity index (χ0n) is 21.2. The van der Waals surface area contributed by atoms with E-state index in [2.05, 4.69) is 27.8 Å². The van der Waals surface area contributed by atoms with Crippen molar-refractivity contribution in [1.82, 2.24) is 15.6 Å². The molecule has 2 atom stereocenters. The minimum atomic E-state index is -0.895. The molecule has 188 valence electrons. The molecule has 1 fully saturated rings. The fourth-order valence-corrected chi connectivity index (χ4v) is 3.86. The molecule has 9 heteroatoms. The Morgan fingerprint density at radius 1 is 1.00 bits per heavy atom. The normalized spacial score (nSPS) is 18.0. The molecule has 0 saturated carbocycles. The Hall–Kier alpha value is -2.75. The summed E-state index contributed by atoms with van der Waals surface area (Å²) in [5.74, 6) is -1.21. The van der Waals surface area contributed by atoms with E-state index in [1.54, 1.807) is 18.2 Å². The van der Waals surface area contributed by atoms with Crippen LogP contribution >= 0.6 is 0 Å². The highest BCUT2D eigenvalue weighted by Gasteiger charge is 2.54. The molecule has 0 aliphatic carbocycles. The van der Waals surface area contributed by atoms with Gasteiger partial charge in [0.2, 0.25) is 5.91 Å². The van der Waals surface area contributed by atoms with Gasteiger partial charge in [0, 0.05) is 13.3 Å². The average molecular weight is 481 g/mol. The van der Waals surface area contributed by atoms with Crippen LogP contribution in [0.5, 0.6) is 0 Å². The van der Waals surface area contributed by atoms with Gasteiger partial charge in [-0.15, -0.1) is 0 Å². The molecular weight excluding hydrogens is 445 g/mol. The Morgan fingerprint density at radius 2 is 1.66 bits per heavy atom. The Balaban J connectivity index is 1.71. The number of carbonyl (C=O) groups is 2. The standard InChI is InChI=1S/C26H36BN3O5/c1-25(2)26(3,4)35-27(34-25)22(16-11-14-19-12-7-6-8-13-19)30-24(32)21(18-33-5)29-23(31)20-15-9-10-17-28-20/h6-10,12-13,15,17,21-22H,11,14,16,18H2,1-5H3,(H,29,31)(H,30,32)/t21?,22-/m0/s1. The van der Waals surface area contributed by atoms with Crippen LogP contribution in [0.3, 0.4) is 0 Å². The first-order valence-corrected chi connectivity index (χ1v) is 12.0. The van der Waals surface area contributed by atoms with E-state index in [-0.39, 0.29) is 18.2 Å². The smallest absolute Gasteiger partial charge is 0.402 e. The van der Waals surface area contributed by atoms with E-state index in [1.165, 1.54) is 18.9 Å². The average Bonchev–Trinajstić information content (AvgIpc) is 3.05. The number of ether oxygens (including phenoxy) is 1. The largest absolute Gasteiger partial charge is 0.481 e. The topological polar surface area (TPSA) is 98.8 Å². The molecular formula is C26H36BN3O5. The van der Waals surface area contributed by atoms with Gasteiger partial charge in [-0.2, -0.15) is 0 Å². The quantitative estimate of drug-likeness (QED) is 0.479. The maximum atomic E-state index is 13.3. The Morgan fingerprint density at radius 3 is 2.26 bits per heavy atom. The van der Waals surface area contributed by atoms with Crippen LogP contribution in [0.1, 0.15) is 56.6 Å². The lowest BCUT2D eigenvalue weighted by atomic mass is 9.75. The van der Waals surface area contributed by atoms with Crippen LogP contribution in [0.15, 0.2) is 54.7 Å². The molecule has 2 N–H and O–H groups in total. The van der Waals surface area contributed by atoms with Gasteiger partial charge < -0.3 is 24.7 Å². The van der Waals surface area contributed by atoms with Crippen LogP contribution in [0.4, 0.5) is 0 Å². The van der Waals surface area contributed by atoms with Crippen molar-refractivity contribution >= 4 is 18.9 Å². The van der Waals surface area contributed by atoms with Gasteiger partial charge in [-0.1, -0.05) is 36.4 Å². The second-order valence-corrected chi connectivity index (χ2v) is 9.81. The lowest BCUT2D eigenvalue weighted by molar-refractivity contribution is -0.124. The summed E-state index contributed by atoms with van der Waals surface area (Å²) in [4.78, 5) is 30.0. The predicted molar refractivity (Wildman–Crippen MR) is 135 cm³/mol. The summed E-state index contributed by atoms with van der Waals surface area (Å²) in [5, 5.41) is 5.78. The third kappa shape index (κ3) is 7.13. The van der Waals surface area contributed by atoms with Crippen LogP contribution in [0, 0.1) is 0 Å². The van der Waals surface area contributed by atoms with Crippen LogP contribution in [-0.4, -0.2) is 60.8 Å². The first kappa shape index (κ1) is 26.9. The van der Waals surface area contributed by atoms with Crippen molar-refractivity contribution in [3.63, 3.8) is 0 Å². The molecule has 0 spiro atoms. The molecule has 0 bridgehead atoms. The molecule has 1 aromatic heterocycles. The highest BCUT2D eigenvalue weighted by atomic mass is 16.7. The van der Waals surface area contributed by atoms with Gasteiger partial charge in [0.15, 0.2) is 0 Å². The Kier molecular flexibility index (Phi) is 9.05. The zero-order valence-corrected chi connectivity index (χ0v) is 21.2. The van der Waals surface area contributed by atoms with E-state index >= 15 is 0 Å². The number of nitrogens with zero attached hydrogens (tertiary/aromatic N) is 1. The van der Waals surface area contributed by atoms with Gasteiger partial charge in [0.1, 0.15) is 11.7 Å². The maximum absolute atomic E-state index is 13.3. The number of hydrogen-bond acceptors (Lipinski definition) is 6. The number of hydrogen-bond donors (Lipinski definition) is 2. The van der Waals surface area contributed by atoms with Gasteiger partial charge in [0.05, 0.1) is 23.8 Å². The first-order chi connectivity index (χ1) is 16.6. The van der Waals surface area contributed by atoms with Gasteiger partial charge in [-0.3, -0.25) is 14.6 Å². The molecule has 35 heavy (non-hydrogen) atoms. The number of methoxy groups -OCH3 is 1. The van der Waals surface area contributed by atoms with Crippen molar-refractivity contribution in [1.29, 1.82) is 0 Å². The number of aryl methyl sites for hydroxylation is 1. The number of amides is 2. The highest BCUT2D eigenvalue weighted by Crippen LogP contribution is 2.38. The second kappa shape index (κ2) is 11.8. The molecule has 2 heterocycles. The summed E-state index contributed by atoms with van der Waals surface area (Å²) in [6.45, 7) is 7.95. The molecule has 2 aromatic rings. The predicted octanol–water partition coefficient (Wildman–Crippen LogP) is 2.97. The summed E-state index contributed by atoms with van der Waals surface area (Å²) >= 11 is 0. The summed E-state index contributed by atoms with van der Waals surface area (Å²) in [5.41, 5.74) is 0.399. The first-order valence-electron chi connectivity index (χ1n) is 12.0. The summed E-state index contributed by atoms with van der Waals surface area (Å²) in [7, 11) is 0.869. The second-order valence-electron chi connectivity index (χ2n) is 9.81. The van der Waals surface area contributed by atoms with Crippen LogP contribution in [0.25, 0.3) is 0 Å². The van der Waals surface area contributed by atoms with E-state index < -0.39 is 36.2 Å². The molecule has 2 amide bonds. The number of rotatable bonds is 11. The Labute approximate surface area is 208 Å². The van der Waals surface area contributed by atoms with Crippen LogP contribution in [0.2, 0.25) is 0 Å². The van der Waals surface area contributed by atoms with Crippen molar-refractivity contribution in [3.8, 4) is 0 Å². The maximum Gasteiger partial charge on any atom is 0.481 e. The molecule has 8 nitrogen and oxygen atoms in total. The van der Waals surface area contributed by atoms with E-state index in [4.69, 9.17) is 14.0 Å². The fourth-order valence-electron chi connectivity index (χ4n) is 3.86. The van der Waals surface area contributed by atoms with Crippen molar-refractivity contribution in [3.05, 3.63) is 66.0 Å². The minimum Gasteiger partial charge on any atom is -0.402 e. The molecule has 1 unspecified atom stereocenters. The van der Waals surface area contributed by atoms with Gasteiger partial charge in [-0.25, -0.2) is 0 Å². The molecule has 1 aliphatic rings. The summed E-state index contributed by atoms with van der Waals surface area (Å²) in [6.07, 6.45) is 3.87. The van der Waals surface area contributed by atoms with E-state index in [0.29, 0.717) is 6.42 Å². The molecule has 3 rings (SSSR count). The number of benzene rings is 1. The molecule has 1 aliphatic heterocycles. The number of aromatic nitrogens is 1. The highest BCUT2D eigenvalue weighted by molar-refractivity contribution is 6.48. The summed E-state index contributed by atoms with van der Waals surface area (Å²) in [6, 6.07) is 14.3. The lowest BCUT2D eigenvalue weighted by Crippen LogP contribution is -2.56. The third-order valence-electron chi connectivity index (χ3n) is 6.60. The number of pyridine rings is 1. The molecule has 1 saturated heterocycles. The zero-order chi connectivity index (χ0) is 25.5. The molecule has 1 aromatic carbocycles. The van der Waals surface area contributed by atoms with Crippen molar-refractivity contribution in [2.75, 3.05) is 13.7 Å². The monoisotopic (exact) mass is 481 g/mol. The van der Waals surface area contributed by atoms with Crippen molar-refractivity contribution in [2.24, 2.45) is 0 Å². The fraction of sp³-hybridized carbons (Fsp3) is 0.500. The van der Waals surface area contributed by atoms with E-state index in [1.807, 2.05) is 45.9 Å². The van der Waals surface area contributed by atoms with Gasteiger partial charge in [0.25, 0.3) is 5.91 Å². The van der Waals surface area contributed by atoms with Gasteiger partial charge in [-0.05, 0) is 64.7 Å². The summed E-state index contributed by atoms with van der Waals surface area (Å²) < 4.78 is 17.7. The number of nitrogens with one attached hydrogen (secondary N) is 2.